The van der Waals surface area contributed by atoms with Crippen molar-refractivity contribution in [3.8, 4) is 12.3 Å². The van der Waals surface area contributed by atoms with Gasteiger partial charge in [0.15, 0.2) is 0 Å². The summed E-state index contributed by atoms with van der Waals surface area (Å²) in [6, 6.07) is 7.09. The van der Waals surface area contributed by atoms with Crippen molar-refractivity contribution in [1.82, 2.24) is 5.32 Å². The Morgan fingerprint density at radius 1 is 1.50 bits per heavy atom. The predicted octanol–water partition coefficient (Wildman–Crippen LogP) is 2.20. The number of anilines is 1. The molecule has 1 aromatic rings. The van der Waals surface area contributed by atoms with Crippen molar-refractivity contribution in [2.45, 2.75) is 25.8 Å². The lowest BCUT2D eigenvalue weighted by molar-refractivity contribution is -0.116. The third kappa shape index (κ3) is 4.75. The summed E-state index contributed by atoms with van der Waals surface area (Å²) in [4.78, 5) is 11.6. The Balaban J connectivity index is 2.54. The number of nitrogens with two attached hydrogens (primary N) is 1. The summed E-state index contributed by atoms with van der Waals surface area (Å²) in [5.74, 6) is 2.38. The van der Waals surface area contributed by atoms with Gasteiger partial charge in [-0.1, -0.05) is 31.4 Å². The molecule has 0 radical (unpaired) electrons. The van der Waals surface area contributed by atoms with Crippen molar-refractivity contribution in [1.29, 1.82) is 0 Å². The molecule has 3 heteroatoms. The SMILES string of the molecule is C#CC(CCC)NC(=O)/C=C/c1ccc(N)cc1. The lowest BCUT2D eigenvalue weighted by atomic mass is 10.1. The van der Waals surface area contributed by atoms with Crippen molar-refractivity contribution in [2.24, 2.45) is 0 Å². The second-order valence-corrected chi connectivity index (χ2v) is 4.02. The van der Waals surface area contributed by atoms with Crippen molar-refractivity contribution in [3.63, 3.8) is 0 Å². The summed E-state index contributed by atoms with van der Waals surface area (Å²) >= 11 is 0. The van der Waals surface area contributed by atoms with Crippen LogP contribution in [0.3, 0.4) is 0 Å². The van der Waals surface area contributed by atoms with E-state index in [9.17, 15) is 4.79 Å². The molecule has 3 N–H and O–H groups in total. The minimum Gasteiger partial charge on any atom is -0.399 e. The normalized spacial score (nSPS) is 12.0. The predicted molar refractivity (Wildman–Crippen MR) is 75.6 cm³/mol. The highest BCUT2D eigenvalue weighted by atomic mass is 16.1. The van der Waals surface area contributed by atoms with E-state index >= 15 is 0 Å². The second-order valence-electron chi connectivity index (χ2n) is 4.02. The maximum atomic E-state index is 11.6. The zero-order valence-electron chi connectivity index (χ0n) is 10.5. The van der Waals surface area contributed by atoms with Gasteiger partial charge in [0.25, 0.3) is 0 Å². The zero-order chi connectivity index (χ0) is 13.4. The molecule has 1 rings (SSSR count). The Morgan fingerprint density at radius 2 is 2.17 bits per heavy atom. The van der Waals surface area contributed by atoms with Crippen LogP contribution in [0.4, 0.5) is 5.69 Å². The van der Waals surface area contributed by atoms with E-state index in [1.807, 2.05) is 19.1 Å². The van der Waals surface area contributed by atoms with Crippen molar-refractivity contribution < 1.29 is 4.79 Å². The number of rotatable bonds is 5. The topological polar surface area (TPSA) is 55.1 Å². The number of hydrogen-bond acceptors (Lipinski definition) is 2. The molecule has 1 atom stereocenters. The molecule has 0 aliphatic carbocycles. The van der Waals surface area contributed by atoms with Gasteiger partial charge in [-0.25, -0.2) is 0 Å². The largest absolute Gasteiger partial charge is 0.399 e. The fourth-order valence-electron chi connectivity index (χ4n) is 1.48. The molecule has 0 aliphatic heterocycles. The number of nitrogen functional groups attached to an aromatic ring is 1. The first-order valence-electron chi connectivity index (χ1n) is 5.96. The number of carbonyl (C=O) groups is 1. The Hall–Kier alpha value is -2.21. The van der Waals surface area contributed by atoms with E-state index in [0.717, 1.165) is 18.4 Å². The number of amides is 1. The van der Waals surface area contributed by atoms with Crippen molar-refractivity contribution in [3.05, 3.63) is 35.9 Å². The summed E-state index contributed by atoms with van der Waals surface area (Å²) in [5.41, 5.74) is 7.20. The molecule has 1 amide bonds. The second kappa shape index (κ2) is 7.18. The molecule has 3 nitrogen and oxygen atoms in total. The molecule has 0 aromatic heterocycles. The first kappa shape index (κ1) is 13.9. The molecular formula is C15H18N2O. The number of benzene rings is 1. The van der Waals surface area contributed by atoms with Crippen LogP contribution in [-0.2, 0) is 4.79 Å². The first-order valence-corrected chi connectivity index (χ1v) is 5.96. The van der Waals surface area contributed by atoms with E-state index in [4.69, 9.17) is 12.2 Å². The standard InChI is InChI=1S/C15H18N2O/c1-3-5-14(4-2)17-15(18)11-8-12-6-9-13(16)10-7-12/h2,6-11,14H,3,5,16H2,1H3,(H,17,18)/b11-8+. The lowest BCUT2D eigenvalue weighted by Crippen LogP contribution is -2.32. The van der Waals surface area contributed by atoms with E-state index < -0.39 is 0 Å². The fraction of sp³-hybridized carbons (Fsp3) is 0.267. The van der Waals surface area contributed by atoms with Gasteiger partial charge >= 0.3 is 0 Å². The summed E-state index contributed by atoms with van der Waals surface area (Å²) in [6.07, 6.45) is 10.3. The number of carbonyl (C=O) groups excluding carboxylic acids is 1. The number of terminal acetylenes is 1. The molecule has 0 saturated carbocycles. The molecule has 0 spiro atoms. The monoisotopic (exact) mass is 242 g/mol. The third-order valence-electron chi connectivity index (χ3n) is 2.46. The van der Waals surface area contributed by atoms with Crippen LogP contribution in [0, 0.1) is 12.3 Å². The van der Waals surface area contributed by atoms with Gasteiger partial charge in [0.1, 0.15) is 0 Å². The maximum Gasteiger partial charge on any atom is 0.244 e. The maximum absolute atomic E-state index is 11.6. The van der Waals surface area contributed by atoms with Crippen LogP contribution in [0.2, 0.25) is 0 Å². The molecule has 94 valence electrons. The highest BCUT2D eigenvalue weighted by Crippen LogP contribution is 2.06. The van der Waals surface area contributed by atoms with Crippen LogP contribution in [0.25, 0.3) is 6.08 Å². The van der Waals surface area contributed by atoms with Crippen molar-refractivity contribution >= 4 is 17.7 Å². The summed E-state index contributed by atoms with van der Waals surface area (Å²) < 4.78 is 0. The highest BCUT2D eigenvalue weighted by molar-refractivity contribution is 5.92. The smallest absolute Gasteiger partial charge is 0.244 e. The van der Waals surface area contributed by atoms with Crippen molar-refractivity contribution in [2.75, 3.05) is 5.73 Å². The quantitative estimate of drug-likeness (QED) is 0.472. The third-order valence-corrected chi connectivity index (χ3v) is 2.46. The molecule has 0 heterocycles. The van der Waals surface area contributed by atoms with Gasteiger partial charge in [-0.2, -0.15) is 0 Å². The van der Waals surface area contributed by atoms with E-state index in [0.29, 0.717) is 5.69 Å². The van der Waals surface area contributed by atoms with E-state index in [1.54, 1.807) is 18.2 Å². The minimum atomic E-state index is -0.196. The molecule has 0 aliphatic rings. The number of nitrogens with one attached hydrogen (secondary N) is 1. The van der Waals surface area contributed by atoms with Crippen LogP contribution >= 0.6 is 0 Å². The lowest BCUT2D eigenvalue weighted by Gasteiger charge is -2.09. The van der Waals surface area contributed by atoms with E-state index in [1.165, 1.54) is 6.08 Å². The fourth-order valence-corrected chi connectivity index (χ4v) is 1.48. The minimum absolute atomic E-state index is 0.178. The summed E-state index contributed by atoms with van der Waals surface area (Å²) in [7, 11) is 0. The molecule has 1 unspecified atom stereocenters. The van der Waals surface area contributed by atoms with Crippen LogP contribution in [0.15, 0.2) is 30.3 Å². The van der Waals surface area contributed by atoms with Crippen LogP contribution in [0.1, 0.15) is 25.3 Å². The highest BCUT2D eigenvalue weighted by Gasteiger charge is 2.05. The summed E-state index contributed by atoms with van der Waals surface area (Å²) in [6.45, 7) is 2.03. The van der Waals surface area contributed by atoms with Gasteiger partial charge in [-0.3, -0.25) is 4.79 Å². The molecular weight excluding hydrogens is 224 g/mol. The van der Waals surface area contributed by atoms with Crippen LogP contribution < -0.4 is 11.1 Å². The molecule has 0 saturated heterocycles. The van der Waals surface area contributed by atoms with E-state index in [-0.39, 0.29) is 11.9 Å². The molecule has 1 aromatic carbocycles. The van der Waals surface area contributed by atoms with Gasteiger partial charge in [-0.15, -0.1) is 6.42 Å². The molecule has 0 fully saturated rings. The molecule has 0 bridgehead atoms. The van der Waals surface area contributed by atoms with Gasteiger partial charge < -0.3 is 11.1 Å². The Labute approximate surface area is 108 Å². The zero-order valence-corrected chi connectivity index (χ0v) is 10.5. The van der Waals surface area contributed by atoms with Crippen LogP contribution in [0.5, 0.6) is 0 Å². The van der Waals surface area contributed by atoms with Gasteiger partial charge in [0.2, 0.25) is 5.91 Å². The van der Waals surface area contributed by atoms with Crippen LogP contribution in [-0.4, -0.2) is 11.9 Å². The summed E-state index contributed by atoms with van der Waals surface area (Å²) in [5, 5.41) is 2.76. The first-order chi connectivity index (χ1) is 8.65. The Bertz CT molecular complexity index is 454. The van der Waals surface area contributed by atoms with E-state index in [2.05, 4.69) is 11.2 Å². The Morgan fingerprint density at radius 3 is 2.72 bits per heavy atom. The average Bonchev–Trinajstić information content (AvgIpc) is 2.37. The Kier molecular flexibility index (Phi) is 5.53. The van der Waals surface area contributed by atoms with Gasteiger partial charge in [-0.05, 0) is 30.2 Å². The van der Waals surface area contributed by atoms with Gasteiger partial charge in [0, 0.05) is 11.8 Å². The number of hydrogen-bond donors (Lipinski definition) is 2. The molecule has 18 heavy (non-hydrogen) atoms. The van der Waals surface area contributed by atoms with Gasteiger partial charge in [0.05, 0.1) is 6.04 Å². The average molecular weight is 242 g/mol.